The molecule has 84 valence electrons. The molecular weight excluding hydrogens is 266 g/mol. The highest BCUT2D eigenvalue weighted by molar-refractivity contribution is 9.10. The monoisotopic (exact) mass is 279 g/mol. The number of aromatic nitrogens is 2. The topological polar surface area (TPSA) is 29.9 Å². The smallest absolute Gasteiger partial charge is 0.0659 e. The van der Waals surface area contributed by atoms with Crippen LogP contribution >= 0.6 is 15.9 Å². The highest BCUT2D eigenvalue weighted by Gasteiger charge is 1.98. The first-order valence-electron chi connectivity index (χ1n) is 5.18. The molecule has 0 bridgehead atoms. The zero-order valence-electron chi connectivity index (χ0n) is 9.15. The fraction of sp³-hybridized carbons (Fsp3) is 0.250. The molecule has 2 aromatic rings. The van der Waals surface area contributed by atoms with Crippen molar-refractivity contribution in [3.63, 3.8) is 0 Å². The molecule has 2 rings (SSSR count). The summed E-state index contributed by atoms with van der Waals surface area (Å²) in [6, 6.07) is 8.57. The minimum absolute atomic E-state index is 0.811. The summed E-state index contributed by atoms with van der Waals surface area (Å²) in [6.07, 6.45) is 3.77. The maximum absolute atomic E-state index is 4.23. The largest absolute Gasteiger partial charge is 0.316 e. The molecule has 0 atom stereocenters. The first-order chi connectivity index (χ1) is 7.78. The Morgan fingerprint density at radius 2 is 1.94 bits per heavy atom. The Balaban J connectivity index is 2.05. The van der Waals surface area contributed by atoms with Crippen molar-refractivity contribution < 1.29 is 0 Å². The van der Waals surface area contributed by atoms with E-state index in [0.29, 0.717) is 0 Å². The average Bonchev–Trinajstić information content (AvgIpc) is 2.67. The molecule has 0 amide bonds. The van der Waals surface area contributed by atoms with E-state index in [1.807, 2.05) is 17.9 Å². The van der Waals surface area contributed by atoms with E-state index in [1.54, 1.807) is 6.20 Å². The Labute approximate surface area is 104 Å². The van der Waals surface area contributed by atoms with E-state index in [9.17, 15) is 0 Å². The van der Waals surface area contributed by atoms with Crippen molar-refractivity contribution >= 4 is 15.9 Å². The lowest BCUT2D eigenvalue weighted by Crippen LogP contribution is -2.05. The summed E-state index contributed by atoms with van der Waals surface area (Å²) in [7, 11) is 1.95. The highest BCUT2D eigenvalue weighted by atomic mass is 79.9. The van der Waals surface area contributed by atoms with Crippen molar-refractivity contribution in [2.45, 2.75) is 13.1 Å². The normalized spacial score (nSPS) is 10.6. The second kappa shape index (κ2) is 5.27. The number of rotatable bonds is 4. The van der Waals surface area contributed by atoms with Crippen LogP contribution in [0.5, 0.6) is 0 Å². The average molecular weight is 280 g/mol. The molecule has 0 radical (unpaired) electrons. The quantitative estimate of drug-likeness (QED) is 0.932. The fourth-order valence-corrected chi connectivity index (χ4v) is 1.91. The van der Waals surface area contributed by atoms with E-state index in [1.165, 1.54) is 11.1 Å². The lowest BCUT2D eigenvalue weighted by Gasteiger charge is -2.04. The van der Waals surface area contributed by atoms with E-state index in [0.717, 1.165) is 17.6 Å². The Morgan fingerprint density at radius 3 is 2.50 bits per heavy atom. The van der Waals surface area contributed by atoms with Gasteiger partial charge in [-0.05, 0) is 34.1 Å². The van der Waals surface area contributed by atoms with Gasteiger partial charge in [-0.3, -0.25) is 4.68 Å². The van der Waals surface area contributed by atoms with Gasteiger partial charge in [0.05, 0.1) is 17.2 Å². The van der Waals surface area contributed by atoms with Crippen LogP contribution in [0.15, 0.2) is 41.1 Å². The number of hydrogen-bond acceptors (Lipinski definition) is 2. The minimum Gasteiger partial charge on any atom is -0.316 e. The summed E-state index contributed by atoms with van der Waals surface area (Å²) < 4.78 is 2.93. The third-order valence-electron chi connectivity index (χ3n) is 2.35. The van der Waals surface area contributed by atoms with E-state index in [-0.39, 0.29) is 0 Å². The van der Waals surface area contributed by atoms with Crippen molar-refractivity contribution in [2.75, 3.05) is 7.05 Å². The van der Waals surface area contributed by atoms with Gasteiger partial charge in [0.1, 0.15) is 0 Å². The minimum atomic E-state index is 0.811. The first-order valence-corrected chi connectivity index (χ1v) is 5.97. The van der Waals surface area contributed by atoms with E-state index < -0.39 is 0 Å². The van der Waals surface area contributed by atoms with E-state index in [2.05, 4.69) is 50.6 Å². The molecule has 1 N–H and O–H groups in total. The lowest BCUT2D eigenvalue weighted by atomic mass is 10.1. The molecule has 0 aliphatic rings. The zero-order chi connectivity index (χ0) is 11.4. The Morgan fingerprint density at radius 1 is 1.25 bits per heavy atom. The van der Waals surface area contributed by atoms with Gasteiger partial charge in [0, 0.05) is 12.7 Å². The fourth-order valence-electron chi connectivity index (χ4n) is 1.58. The lowest BCUT2D eigenvalue weighted by molar-refractivity contribution is 0.686. The van der Waals surface area contributed by atoms with Crippen LogP contribution in [0.25, 0.3) is 0 Å². The van der Waals surface area contributed by atoms with Gasteiger partial charge in [-0.1, -0.05) is 24.3 Å². The second-order valence-electron chi connectivity index (χ2n) is 3.70. The standard InChI is InChI=1S/C12H14BrN3/c1-14-6-10-2-4-11(5-3-10)8-16-9-12(13)7-15-16/h2-5,7,9,14H,6,8H2,1H3. The highest BCUT2D eigenvalue weighted by Crippen LogP contribution is 2.09. The molecule has 0 saturated carbocycles. The predicted molar refractivity (Wildman–Crippen MR) is 68.2 cm³/mol. The van der Waals surface area contributed by atoms with E-state index >= 15 is 0 Å². The Bertz CT molecular complexity index is 448. The number of nitrogens with zero attached hydrogens (tertiary/aromatic N) is 2. The third kappa shape index (κ3) is 2.93. The summed E-state index contributed by atoms with van der Waals surface area (Å²) in [4.78, 5) is 0. The molecule has 4 heteroatoms. The third-order valence-corrected chi connectivity index (χ3v) is 2.76. The number of nitrogens with one attached hydrogen (secondary N) is 1. The van der Waals surface area contributed by atoms with Crippen LogP contribution in [0.4, 0.5) is 0 Å². The molecule has 1 aromatic heterocycles. The second-order valence-corrected chi connectivity index (χ2v) is 4.62. The molecule has 16 heavy (non-hydrogen) atoms. The summed E-state index contributed by atoms with van der Waals surface area (Å²) in [5, 5.41) is 7.36. The van der Waals surface area contributed by atoms with Crippen LogP contribution in [0.1, 0.15) is 11.1 Å². The van der Waals surface area contributed by atoms with Crippen LogP contribution in [-0.4, -0.2) is 16.8 Å². The van der Waals surface area contributed by atoms with Gasteiger partial charge in [0.25, 0.3) is 0 Å². The van der Waals surface area contributed by atoms with Gasteiger partial charge in [-0.25, -0.2) is 0 Å². The van der Waals surface area contributed by atoms with Gasteiger partial charge in [0.15, 0.2) is 0 Å². The Hall–Kier alpha value is -1.13. The first kappa shape index (κ1) is 11.4. The molecule has 0 saturated heterocycles. The summed E-state index contributed by atoms with van der Waals surface area (Å²) in [6.45, 7) is 1.72. The maximum Gasteiger partial charge on any atom is 0.0659 e. The van der Waals surface area contributed by atoms with E-state index in [4.69, 9.17) is 0 Å². The van der Waals surface area contributed by atoms with Gasteiger partial charge < -0.3 is 5.32 Å². The number of halogens is 1. The molecule has 0 unspecified atom stereocenters. The number of hydrogen-bond donors (Lipinski definition) is 1. The summed E-state index contributed by atoms with van der Waals surface area (Å²) >= 11 is 3.39. The van der Waals surface area contributed by atoms with Crippen molar-refractivity contribution in [3.8, 4) is 0 Å². The van der Waals surface area contributed by atoms with Crippen LogP contribution in [0.3, 0.4) is 0 Å². The molecule has 0 aliphatic heterocycles. The maximum atomic E-state index is 4.23. The van der Waals surface area contributed by atoms with Crippen LogP contribution in [0.2, 0.25) is 0 Å². The van der Waals surface area contributed by atoms with Crippen molar-refractivity contribution in [3.05, 3.63) is 52.3 Å². The predicted octanol–water partition coefficient (Wildman–Crippen LogP) is 2.41. The molecule has 0 aliphatic carbocycles. The SMILES string of the molecule is CNCc1ccc(Cn2cc(Br)cn2)cc1. The molecule has 1 aromatic carbocycles. The van der Waals surface area contributed by atoms with Crippen LogP contribution < -0.4 is 5.32 Å². The zero-order valence-corrected chi connectivity index (χ0v) is 10.7. The molecule has 1 heterocycles. The molecule has 3 nitrogen and oxygen atoms in total. The molecular formula is C12H14BrN3. The van der Waals surface area contributed by atoms with Crippen molar-refractivity contribution in [1.29, 1.82) is 0 Å². The van der Waals surface area contributed by atoms with Crippen LogP contribution in [-0.2, 0) is 13.1 Å². The van der Waals surface area contributed by atoms with Gasteiger partial charge in [0.2, 0.25) is 0 Å². The van der Waals surface area contributed by atoms with Gasteiger partial charge in [-0.2, -0.15) is 5.10 Å². The molecule has 0 spiro atoms. The van der Waals surface area contributed by atoms with Gasteiger partial charge >= 0.3 is 0 Å². The van der Waals surface area contributed by atoms with Gasteiger partial charge in [-0.15, -0.1) is 0 Å². The Kier molecular flexibility index (Phi) is 3.74. The number of benzene rings is 1. The van der Waals surface area contributed by atoms with Crippen molar-refractivity contribution in [2.24, 2.45) is 0 Å². The summed E-state index contributed by atoms with van der Waals surface area (Å²) in [5.41, 5.74) is 2.56. The summed E-state index contributed by atoms with van der Waals surface area (Å²) in [5.74, 6) is 0. The van der Waals surface area contributed by atoms with Crippen molar-refractivity contribution in [1.82, 2.24) is 15.1 Å². The van der Waals surface area contributed by atoms with Crippen LogP contribution in [0, 0.1) is 0 Å². The molecule has 0 fully saturated rings.